The second-order valence-electron chi connectivity index (χ2n) is 7.09. The third-order valence-electron chi connectivity index (χ3n) is 3.82. The first-order valence-electron chi connectivity index (χ1n) is 8.12. The minimum atomic E-state index is -0.443. The van der Waals surface area contributed by atoms with Crippen LogP contribution in [0.25, 0.3) is 0 Å². The topological polar surface area (TPSA) is 59.4 Å². The van der Waals surface area contributed by atoms with Crippen molar-refractivity contribution in [2.75, 3.05) is 19.6 Å². The van der Waals surface area contributed by atoms with Crippen molar-refractivity contribution in [1.82, 2.24) is 20.0 Å². The average molecular weight is 320 g/mol. The molecule has 2 rings (SSSR count). The summed E-state index contributed by atoms with van der Waals surface area (Å²) in [6.45, 7) is 9.96. The van der Waals surface area contributed by atoms with E-state index in [2.05, 4.69) is 23.4 Å². The van der Waals surface area contributed by atoms with Gasteiger partial charge >= 0.3 is 6.09 Å². The maximum Gasteiger partial charge on any atom is 0.410 e. The van der Waals surface area contributed by atoms with Crippen molar-refractivity contribution in [2.45, 2.75) is 45.8 Å². The van der Waals surface area contributed by atoms with E-state index in [0.29, 0.717) is 13.1 Å². The number of aromatic nitrogens is 2. The molecular formula is C17H28N4O2. The summed E-state index contributed by atoms with van der Waals surface area (Å²) in [4.78, 5) is 13.8. The SMILES string of the molecule is CC(NCC1=CCN(C(=O)OC(C)(C)C)CC1)c1cnn(C)c1. The van der Waals surface area contributed by atoms with Gasteiger partial charge in [-0.25, -0.2) is 4.79 Å². The van der Waals surface area contributed by atoms with Crippen molar-refractivity contribution < 1.29 is 9.53 Å². The molecule has 0 saturated carbocycles. The highest BCUT2D eigenvalue weighted by Gasteiger charge is 2.23. The maximum atomic E-state index is 12.0. The van der Waals surface area contributed by atoms with Crippen LogP contribution in [0.2, 0.25) is 0 Å². The van der Waals surface area contributed by atoms with Gasteiger partial charge in [-0.05, 0) is 34.1 Å². The predicted molar refractivity (Wildman–Crippen MR) is 90.1 cm³/mol. The van der Waals surface area contributed by atoms with Gasteiger partial charge in [0.25, 0.3) is 0 Å². The fourth-order valence-electron chi connectivity index (χ4n) is 2.43. The first kappa shape index (κ1) is 17.5. The minimum absolute atomic E-state index is 0.232. The van der Waals surface area contributed by atoms with Crippen molar-refractivity contribution >= 4 is 6.09 Å². The van der Waals surface area contributed by atoms with Crippen LogP contribution in [0.15, 0.2) is 24.0 Å². The molecule has 1 N–H and O–H groups in total. The molecule has 1 aromatic heterocycles. The Morgan fingerprint density at radius 2 is 2.22 bits per heavy atom. The second-order valence-corrected chi connectivity index (χ2v) is 7.09. The van der Waals surface area contributed by atoms with Gasteiger partial charge in [-0.1, -0.05) is 11.6 Å². The number of carbonyl (C=O) groups is 1. The molecule has 0 radical (unpaired) electrons. The first-order valence-corrected chi connectivity index (χ1v) is 8.12. The number of ether oxygens (including phenoxy) is 1. The van der Waals surface area contributed by atoms with E-state index >= 15 is 0 Å². The molecule has 1 atom stereocenters. The lowest BCUT2D eigenvalue weighted by atomic mass is 10.1. The van der Waals surface area contributed by atoms with E-state index < -0.39 is 5.60 Å². The third kappa shape index (κ3) is 5.39. The summed E-state index contributed by atoms with van der Waals surface area (Å²) >= 11 is 0. The maximum absolute atomic E-state index is 12.0. The predicted octanol–water partition coefficient (Wildman–Crippen LogP) is 2.64. The molecule has 1 unspecified atom stereocenters. The summed E-state index contributed by atoms with van der Waals surface area (Å²) in [6.07, 6.45) is 6.68. The Morgan fingerprint density at radius 3 is 2.74 bits per heavy atom. The molecule has 0 bridgehead atoms. The normalized spacial score (nSPS) is 16.9. The zero-order valence-corrected chi connectivity index (χ0v) is 14.8. The Bertz CT molecular complexity index is 571. The molecular weight excluding hydrogens is 292 g/mol. The lowest BCUT2D eigenvalue weighted by Crippen LogP contribution is -2.40. The molecule has 0 saturated heterocycles. The number of rotatable bonds is 4. The van der Waals surface area contributed by atoms with Gasteiger partial charge in [0.05, 0.1) is 6.20 Å². The highest BCUT2D eigenvalue weighted by Crippen LogP contribution is 2.16. The van der Waals surface area contributed by atoms with Gasteiger partial charge in [-0.3, -0.25) is 4.68 Å². The number of hydrogen-bond acceptors (Lipinski definition) is 4. The lowest BCUT2D eigenvalue weighted by molar-refractivity contribution is 0.0265. The van der Waals surface area contributed by atoms with Gasteiger partial charge in [0.2, 0.25) is 0 Å². The van der Waals surface area contributed by atoms with Crippen LogP contribution in [-0.2, 0) is 11.8 Å². The molecule has 1 aliphatic rings. The molecule has 1 amide bonds. The monoisotopic (exact) mass is 320 g/mol. The van der Waals surface area contributed by atoms with Crippen LogP contribution in [0.4, 0.5) is 4.79 Å². The fourth-order valence-corrected chi connectivity index (χ4v) is 2.43. The first-order chi connectivity index (χ1) is 10.7. The lowest BCUT2D eigenvalue weighted by Gasteiger charge is -2.30. The number of amides is 1. The molecule has 1 aliphatic heterocycles. The molecule has 6 nitrogen and oxygen atoms in total. The minimum Gasteiger partial charge on any atom is -0.444 e. The summed E-state index contributed by atoms with van der Waals surface area (Å²) in [5.74, 6) is 0. The molecule has 128 valence electrons. The summed E-state index contributed by atoms with van der Waals surface area (Å²) in [7, 11) is 1.92. The molecule has 2 heterocycles. The van der Waals surface area contributed by atoms with Gasteiger partial charge in [-0.15, -0.1) is 0 Å². The Kier molecular flexibility index (Phi) is 5.46. The van der Waals surface area contributed by atoms with E-state index in [0.717, 1.165) is 13.0 Å². The molecule has 0 fully saturated rings. The number of hydrogen-bond donors (Lipinski definition) is 1. The van der Waals surface area contributed by atoms with Gasteiger partial charge < -0.3 is 15.0 Å². The van der Waals surface area contributed by atoms with E-state index in [1.54, 1.807) is 4.90 Å². The van der Waals surface area contributed by atoms with Crippen LogP contribution in [0.1, 0.15) is 45.7 Å². The molecule has 0 aliphatic carbocycles. The van der Waals surface area contributed by atoms with Crippen LogP contribution in [0.5, 0.6) is 0 Å². The fraction of sp³-hybridized carbons (Fsp3) is 0.647. The standard InChI is InChI=1S/C17H28N4O2/c1-13(15-11-19-20(5)12-15)18-10-14-6-8-21(9-7-14)16(22)23-17(2,3)4/h6,11-13,18H,7-10H2,1-5H3. The van der Waals surface area contributed by atoms with E-state index in [1.807, 2.05) is 44.9 Å². The molecule has 6 heteroatoms. The zero-order chi connectivity index (χ0) is 17.0. The Labute approximate surface area is 138 Å². The summed E-state index contributed by atoms with van der Waals surface area (Å²) < 4.78 is 7.22. The number of aryl methyl sites for hydroxylation is 1. The highest BCUT2D eigenvalue weighted by atomic mass is 16.6. The highest BCUT2D eigenvalue weighted by molar-refractivity contribution is 5.68. The molecule has 0 aromatic carbocycles. The van der Waals surface area contributed by atoms with Crippen molar-refractivity contribution in [1.29, 1.82) is 0 Å². The van der Waals surface area contributed by atoms with Crippen molar-refractivity contribution in [3.63, 3.8) is 0 Å². The van der Waals surface area contributed by atoms with Crippen molar-refractivity contribution in [2.24, 2.45) is 7.05 Å². The Morgan fingerprint density at radius 1 is 1.48 bits per heavy atom. The van der Waals surface area contributed by atoms with E-state index in [1.165, 1.54) is 11.1 Å². The summed E-state index contributed by atoms with van der Waals surface area (Å²) in [5, 5.41) is 7.70. The second kappa shape index (κ2) is 7.17. The van der Waals surface area contributed by atoms with E-state index in [4.69, 9.17) is 4.74 Å². The van der Waals surface area contributed by atoms with Crippen molar-refractivity contribution in [3.8, 4) is 0 Å². The third-order valence-corrected chi connectivity index (χ3v) is 3.82. The van der Waals surface area contributed by atoms with Gasteiger partial charge in [0.1, 0.15) is 5.60 Å². The Balaban J connectivity index is 1.79. The quantitative estimate of drug-likeness (QED) is 0.867. The van der Waals surface area contributed by atoms with Crippen LogP contribution >= 0.6 is 0 Å². The summed E-state index contributed by atoms with van der Waals surface area (Å²) in [5.41, 5.74) is 2.07. The molecule has 0 spiro atoms. The van der Waals surface area contributed by atoms with Crippen LogP contribution in [-0.4, -0.2) is 46.0 Å². The molecule has 1 aromatic rings. The summed E-state index contributed by atoms with van der Waals surface area (Å²) in [6, 6.07) is 0.258. The van der Waals surface area contributed by atoms with E-state index in [-0.39, 0.29) is 12.1 Å². The van der Waals surface area contributed by atoms with Crippen LogP contribution in [0.3, 0.4) is 0 Å². The van der Waals surface area contributed by atoms with E-state index in [9.17, 15) is 4.79 Å². The number of nitrogens with one attached hydrogen (secondary N) is 1. The average Bonchev–Trinajstić information content (AvgIpc) is 2.90. The van der Waals surface area contributed by atoms with Gasteiger partial charge in [-0.2, -0.15) is 5.10 Å². The smallest absolute Gasteiger partial charge is 0.410 e. The number of carbonyl (C=O) groups excluding carboxylic acids is 1. The molecule has 23 heavy (non-hydrogen) atoms. The van der Waals surface area contributed by atoms with Crippen molar-refractivity contribution in [3.05, 3.63) is 29.6 Å². The van der Waals surface area contributed by atoms with Gasteiger partial charge in [0, 0.05) is 44.5 Å². The number of nitrogens with zero attached hydrogens (tertiary/aromatic N) is 3. The van der Waals surface area contributed by atoms with Crippen LogP contribution < -0.4 is 5.32 Å². The zero-order valence-electron chi connectivity index (χ0n) is 14.8. The van der Waals surface area contributed by atoms with Gasteiger partial charge in [0.15, 0.2) is 0 Å². The Hall–Kier alpha value is -1.82. The van der Waals surface area contributed by atoms with Crippen LogP contribution in [0, 0.1) is 0 Å². The largest absolute Gasteiger partial charge is 0.444 e.